The number of hydrogen-bond donors (Lipinski definition) is 0. The van der Waals surface area contributed by atoms with Crippen LogP contribution < -0.4 is 0 Å². The maximum absolute atomic E-state index is 12.0. The molecule has 0 aliphatic carbocycles. The Morgan fingerprint density at radius 2 is 2.24 bits per heavy atom. The summed E-state index contributed by atoms with van der Waals surface area (Å²) in [6, 6.07) is 1.65. The zero-order chi connectivity index (χ0) is 11.7. The molecule has 6 nitrogen and oxygen atoms in total. The monoisotopic (exact) mass is 250 g/mol. The van der Waals surface area contributed by atoms with Crippen molar-refractivity contribution in [3.8, 4) is 10.6 Å². The van der Waals surface area contributed by atoms with Crippen molar-refractivity contribution >= 4 is 17.4 Å². The van der Waals surface area contributed by atoms with Crippen molar-refractivity contribution in [2.45, 2.75) is 12.8 Å². The van der Waals surface area contributed by atoms with Crippen LogP contribution in [0.4, 0.5) is 0 Å². The molecule has 1 saturated heterocycles. The second kappa shape index (κ2) is 4.25. The lowest BCUT2D eigenvalue weighted by Crippen LogP contribution is -2.27. The second-order valence-corrected chi connectivity index (χ2v) is 4.64. The normalized spacial score (nSPS) is 15.4. The molecule has 2 aromatic heterocycles. The molecule has 0 aromatic carbocycles. The van der Waals surface area contributed by atoms with E-state index in [0.717, 1.165) is 30.8 Å². The molecule has 17 heavy (non-hydrogen) atoms. The predicted octanol–water partition coefficient (Wildman–Crippen LogP) is 1.43. The molecule has 0 saturated carbocycles. The first-order valence-electron chi connectivity index (χ1n) is 5.38. The maximum Gasteiger partial charge on any atom is 0.276 e. The largest absolute Gasteiger partial charge is 0.354 e. The summed E-state index contributed by atoms with van der Waals surface area (Å²) in [4.78, 5) is 14.6. The third-order valence-electron chi connectivity index (χ3n) is 2.73. The van der Waals surface area contributed by atoms with E-state index in [9.17, 15) is 4.79 Å². The van der Waals surface area contributed by atoms with Crippen molar-refractivity contribution in [2.24, 2.45) is 0 Å². The number of hydrogen-bond acceptors (Lipinski definition) is 6. The summed E-state index contributed by atoms with van der Waals surface area (Å²) >= 11 is 1.21. The van der Waals surface area contributed by atoms with Crippen molar-refractivity contribution in [3.05, 3.63) is 18.0 Å². The van der Waals surface area contributed by atoms with Gasteiger partial charge < -0.3 is 9.42 Å². The number of aromatic nitrogens is 3. The van der Waals surface area contributed by atoms with E-state index in [4.69, 9.17) is 4.52 Å². The summed E-state index contributed by atoms with van der Waals surface area (Å²) in [6.07, 6.45) is 3.72. The molecular weight excluding hydrogens is 240 g/mol. The molecule has 3 heterocycles. The minimum Gasteiger partial charge on any atom is -0.354 e. The highest BCUT2D eigenvalue weighted by Gasteiger charge is 2.23. The Labute approximate surface area is 101 Å². The van der Waals surface area contributed by atoms with E-state index < -0.39 is 0 Å². The lowest BCUT2D eigenvalue weighted by molar-refractivity contribution is 0.0782. The highest BCUT2D eigenvalue weighted by atomic mass is 32.1. The minimum atomic E-state index is -0.0602. The Morgan fingerprint density at radius 3 is 2.94 bits per heavy atom. The molecule has 0 unspecified atom stereocenters. The highest BCUT2D eigenvalue weighted by Crippen LogP contribution is 2.23. The van der Waals surface area contributed by atoms with Gasteiger partial charge in [-0.05, 0) is 24.4 Å². The average molecular weight is 250 g/mol. The summed E-state index contributed by atoms with van der Waals surface area (Å²) in [5, 5.41) is 7.52. The topological polar surface area (TPSA) is 72.1 Å². The Bertz CT molecular complexity index is 516. The molecule has 1 aliphatic heterocycles. The van der Waals surface area contributed by atoms with Crippen LogP contribution in [0.3, 0.4) is 0 Å². The number of carbonyl (C=O) groups excluding carboxylic acids is 1. The van der Waals surface area contributed by atoms with Crippen LogP contribution in [-0.2, 0) is 0 Å². The van der Waals surface area contributed by atoms with E-state index in [1.165, 1.54) is 11.5 Å². The molecule has 0 atom stereocenters. The summed E-state index contributed by atoms with van der Waals surface area (Å²) in [7, 11) is 0. The van der Waals surface area contributed by atoms with Gasteiger partial charge in [-0.2, -0.15) is 0 Å². The molecule has 1 fully saturated rings. The van der Waals surface area contributed by atoms with Crippen LogP contribution in [0.25, 0.3) is 10.6 Å². The molecule has 2 aromatic rings. The lowest BCUT2D eigenvalue weighted by atomic mass is 10.3. The number of rotatable bonds is 2. The number of nitrogens with zero attached hydrogens (tertiary/aromatic N) is 4. The summed E-state index contributed by atoms with van der Waals surface area (Å²) < 4.78 is 8.86. The van der Waals surface area contributed by atoms with Gasteiger partial charge in [0.15, 0.2) is 11.5 Å². The number of amides is 1. The summed E-state index contributed by atoms with van der Waals surface area (Å²) in [5.41, 5.74) is 0.357. The van der Waals surface area contributed by atoms with Crippen molar-refractivity contribution < 1.29 is 9.32 Å². The van der Waals surface area contributed by atoms with Gasteiger partial charge in [0.05, 0.1) is 6.20 Å². The predicted molar refractivity (Wildman–Crippen MR) is 60.5 cm³/mol. The van der Waals surface area contributed by atoms with Gasteiger partial charge in [0, 0.05) is 19.2 Å². The van der Waals surface area contributed by atoms with Gasteiger partial charge in [-0.15, -0.1) is 5.10 Å². The Balaban J connectivity index is 1.82. The van der Waals surface area contributed by atoms with Crippen molar-refractivity contribution in [1.29, 1.82) is 0 Å². The quantitative estimate of drug-likeness (QED) is 0.806. The van der Waals surface area contributed by atoms with Crippen LogP contribution in [0.1, 0.15) is 23.3 Å². The maximum atomic E-state index is 12.0. The highest BCUT2D eigenvalue weighted by molar-refractivity contribution is 7.09. The fourth-order valence-electron chi connectivity index (χ4n) is 1.85. The van der Waals surface area contributed by atoms with Gasteiger partial charge in [0.2, 0.25) is 0 Å². The van der Waals surface area contributed by atoms with Crippen molar-refractivity contribution in [3.63, 3.8) is 0 Å². The van der Waals surface area contributed by atoms with E-state index in [1.54, 1.807) is 17.2 Å². The molecule has 0 radical (unpaired) electrons. The third kappa shape index (κ3) is 1.93. The molecular formula is C10H10N4O2S. The lowest BCUT2D eigenvalue weighted by Gasteiger charge is -2.12. The fraction of sp³-hybridized carbons (Fsp3) is 0.400. The van der Waals surface area contributed by atoms with Crippen LogP contribution in [0, 0.1) is 0 Å². The van der Waals surface area contributed by atoms with Crippen LogP contribution in [0.15, 0.2) is 16.8 Å². The van der Waals surface area contributed by atoms with Gasteiger partial charge in [0.25, 0.3) is 5.91 Å². The molecule has 7 heteroatoms. The molecule has 0 N–H and O–H groups in total. The zero-order valence-corrected chi connectivity index (χ0v) is 9.81. The van der Waals surface area contributed by atoms with Crippen LogP contribution in [0.2, 0.25) is 0 Å². The minimum absolute atomic E-state index is 0.0602. The smallest absolute Gasteiger partial charge is 0.276 e. The van der Waals surface area contributed by atoms with Crippen LogP contribution >= 0.6 is 11.5 Å². The second-order valence-electron chi connectivity index (χ2n) is 3.86. The van der Waals surface area contributed by atoms with E-state index in [1.807, 2.05) is 0 Å². The Morgan fingerprint density at radius 1 is 1.41 bits per heavy atom. The van der Waals surface area contributed by atoms with Gasteiger partial charge in [-0.25, -0.2) is 0 Å². The zero-order valence-electron chi connectivity index (χ0n) is 9.00. The summed E-state index contributed by atoms with van der Waals surface area (Å²) in [5.74, 6) is 0.484. The van der Waals surface area contributed by atoms with Crippen LogP contribution in [-0.4, -0.2) is 38.6 Å². The van der Waals surface area contributed by atoms with Crippen LogP contribution in [0.5, 0.6) is 0 Å². The van der Waals surface area contributed by atoms with Crippen molar-refractivity contribution in [1.82, 2.24) is 19.6 Å². The van der Waals surface area contributed by atoms with E-state index >= 15 is 0 Å². The van der Waals surface area contributed by atoms with Gasteiger partial charge in [-0.1, -0.05) is 9.64 Å². The molecule has 88 valence electrons. The Hall–Kier alpha value is -1.76. The standard InChI is InChI=1S/C10H10N4O2S/c15-10(14-3-1-2-4-14)7-5-8(16-12-7)9-6-11-13-17-9/h5-6H,1-4H2. The van der Waals surface area contributed by atoms with Gasteiger partial charge in [-0.3, -0.25) is 4.79 Å². The van der Waals surface area contributed by atoms with Gasteiger partial charge in [0.1, 0.15) is 4.88 Å². The summed E-state index contributed by atoms with van der Waals surface area (Å²) in [6.45, 7) is 1.62. The van der Waals surface area contributed by atoms with E-state index in [0.29, 0.717) is 11.5 Å². The van der Waals surface area contributed by atoms with Gasteiger partial charge >= 0.3 is 0 Å². The molecule has 0 bridgehead atoms. The molecule has 0 spiro atoms. The first-order valence-corrected chi connectivity index (χ1v) is 6.15. The molecule has 1 amide bonds. The van der Waals surface area contributed by atoms with Crippen molar-refractivity contribution in [2.75, 3.05) is 13.1 Å². The fourth-order valence-corrected chi connectivity index (χ4v) is 2.31. The first-order chi connectivity index (χ1) is 8.34. The number of likely N-dealkylation sites (tertiary alicyclic amines) is 1. The van der Waals surface area contributed by atoms with E-state index in [-0.39, 0.29) is 5.91 Å². The number of carbonyl (C=O) groups is 1. The third-order valence-corrected chi connectivity index (χ3v) is 3.41. The molecule has 3 rings (SSSR count). The average Bonchev–Trinajstić information content (AvgIpc) is 3.09. The SMILES string of the molecule is O=C(c1cc(-c2cnns2)on1)N1CCCC1. The Kier molecular flexibility index (Phi) is 2.60. The van der Waals surface area contributed by atoms with E-state index in [2.05, 4.69) is 14.7 Å². The molecule has 1 aliphatic rings. The first kappa shape index (κ1) is 10.4.